The minimum Gasteiger partial charge on any atom is -0.491 e. The van der Waals surface area contributed by atoms with Crippen molar-refractivity contribution >= 4 is 29.5 Å². The first-order valence-corrected chi connectivity index (χ1v) is 6.51. The van der Waals surface area contributed by atoms with Crippen molar-refractivity contribution in [1.29, 1.82) is 0 Å². The summed E-state index contributed by atoms with van der Waals surface area (Å²) in [6.45, 7) is 2.73. The highest BCUT2D eigenvalue weighted by Crippen LogP contribution is 2.31. The van der Waals surface area contributed by atoms with Crippen LogP contribution in [0, 0.1) is 0 Å². The van der Waals surface area contributed by atoms with E-state index in [0.29, 0.717) is 34.3 Å². The molecule has 0 bridgehead atoms. The summed E-state index contributed by atoms with van der Waals surface area (Å²) < 4.78 is 5.54. The Morgan fingerprint density at radius 2 is 2.00 bits per heavy atom. The van der Waals surface area contributed by atoms with E-state index in [1.165, 1.54) is 12.8 Å². The number of rotatable bonds is 7. The Morgan fingerprint density at radius 3 is 2.65 bits per heavy atom. The molecule has 0 atom stereocenters. The van der Waals surface area contributed by atoms with Gasteiger partial charge in [-0.05, 0) is 18.6 Å². The van der Waals surface area contributed by atoms with Crippen molar-refractivity contribution in [2.75, 3.05) is 6.61 Å². The zero-order valence-corrected chi connectivity index (χ0v) is 11.4. The standard InChI is InChI=1S/C13H16Cl2O2/c1-2-3-4-5-6-17-13-10(9-16)7-11(14)8-12(13)15/h7-9H,2-6H2,1H3. The molecule has 0 aliphatic rings. The molecule has 0 amide bonds. The first-order chi connectivity index (χ1) is 8.19. The largest absolute Gasteiger partial charge is 0.491 e. The van der Waals surface area contributed by atoms with Crippen molar-refractivity contribution in [1.82, 2.24) is 0 Å². The third-order valence-electron chi connectivity index (χ3n) is 2.41. The van der Waals surface area contributed by atoms with Gasteiger partial charge in [-0.15, -0.1) is 0 Å². The van der Waals surface area contributed by atoms with Crippen molar-refractivity contribution in [3.63, 3.8) is 0 Å². The normalized spacial score (nSPS) is 10.3. The van der Waals surface area contributed by atoms with Crippen LogP contribution in [-0.2, 0) is 0 Å². The number of hydrogen-bond donors (Lipinski definition) is 0. The molecule has 0 heterocycles. The van der Waals surface area contributed by atoms with Crippen molar-refractivity contribution in [3.8, 4) is 5.75 Å². The van der Waals surface area contributed by atoms with Gasteiger partial charge in [0.05, 0.1) is 17.2 Å². The second-order valence-corrected chi connectivity index (χ2v) is 4.68. The molecule has 0 unspecified atom stereocenters. The number of halogens is 2. The number of carbonyl (C=O) groups excluding carboxylic acids is 1. The Hall–Kier alpha value is -0.730. The monoisotopic (exact) mass is 274 g/mol. The van der Waals surface area contributed by atoms with Gasteiger partial charge < -0.3 is 4.74 Å². The van der Waals surface area contributed by atoms with Gasteiger partial charge in [-0.2, -0.15) is 0 Å². The maximum atomic E-state index is 10.9. The van der Waals surface area contributed by atoms with Crippen LogP contribution in [0.25, 0.3) is 0 Å². The Balaban J connectivity index is 2.60. The Morgan fingerprint density at radius 1 is 1.24 bits per heavy atom. The fraction of sp³-hybridized carbons (Fsp3) is 0.462. The molecular weight excluding hydrogens is 259 g/mol. The van der Waals surface area contributed by atoms with Crippen LogP contribution in [0.2, 0.25) is 10.0 Å². The van der Waals surface area contributed by atoms with E-state index < -0.39 is 0 Å². The van der Waals surface area contributed by atoms with Gasteiger partial charge >= 0.3 is 0 Å². The van der Waals surface area contributed by atoms with Gasteiger partial charge in [0.2, 0.25) is 0 Å². The van der Waals surface area contributed by atoms with Crippen molar-refractivity contribution in [2.45, 2.75) is 32.6 Å². The van der Waals surface area contributed by atoms with Gasteiger partial charge in [0.1, 0.15) is 5.75 Å². The number of unbranched alkanes of at least 4 members (excludes halogenated alkanes) is 3. The van der Waals surface area contributed by atoms with E-state index in [-0.39, 0.29) is 0 Å². The van der Waals surface area contributed by atoms with Gasteiger partial charge in [0.25, 0.3) is 0 Å². The average molecular weight is 275 g/mol. The Kier molecular flexibility index (Phi) is 6.38. The van der Waals surface area contributed by atoms with Crippen LogP contribution in [0.15, 0.2) is 12.1 Å². The van der Waals surface area contributed by atoms with E-state index >= 15 is 0 Å². The molecule has 94 valence electrons. The highest BCUT2D eigenvalue weighted by atomic mass is 35.5. The number of benzene rings is 1. The Labute approximate surface area is 112 Å². The minimum atomic E-state index is 0.384. The van der Waals surface area contributed by atoms with Gasteiger partial charge in [0.15, 0.2) is 6.29 Å². The zero-order chi connectivity index (χ0) is 12.7. The van der Waals surface area contributed by atoms with Crippen LogP contribution >= 0.6 is 23.2 Å². The third-order valence-corrected chi connectivity index (χ3v) is 2.91. The molecule has 17 heavy (non-hydrogen) atoms. The number of hydrogen-bond acceptors (Lipinski definition) is 2. The SMILES string of the molecule is CCCCCCOc1c(Cl)cc(Cl)cc1C=O. The molecule has 1 rings (SSSR count). The van der Waals surface area contributed by atoms with Crippen LogP contribution in [-0.4, -0.2) is 12.9 Å². The molecule has 0 aliphatic heterocycles. The molecule has 1 aromatic carbocycles. The van der Waals surface area contributed by atoms with Crippen LogP contribution in [0.3, 0.4) is 0 Å². The lowest BCUT2D eigenvalue weighted by atomic mass is 10.2. The predicted octanol–water partition coefficient (Wildman–Crippen LogP) is 4.77. The first kappa shape index (κ1) is 14.3. The zero-order valence-electron chi connectivity index (χ0n) is 9.84. The summed E-state index contributed by atoms with van der Waals surface area (Å²) in [7, 11) is 0. The molecule has 0 spiro atoms. The quantitative estimate of drug-likeness (QED) is 0.529. The van der Waals surface area contributed by atoms with E-state index in [4.69, 9.17) is 27.9 Å². The summed E-state index contributed by atoms with van der Waals surface area (Å²) >= 11 is 11.8. The first-order valence-electron chi connectivity index (χ1n) is 5.76. The molecule has 0 aliphatic carbocycles. The topological polar surface area (TPSA) is 26.3 Å². The maximum Gasteiger partial charge on any atom is 0.153 e. The van der Waals surface area contributed by atoms with E-state index in [0.717, 1.165) is 12.8 Å². The van der Waals surface area contributed by atoms with Crippen molar-refractivity contribution in [2.24, 2.45) is 0 Å². The summed E-state index contributed by atoms with van der Waals surface area (Å²) in [5.41, 5.74) is 0.401. The lowest BCUT2D eigenvalue weighted by Crippen LogP contribution is -2.00. The summed E-state index contributed by atoms with van der Waals surface area (Å²) in [6, 6.07) is 3.14. The van der Waals surface area contributed by atoms with E-state index in [1.807, 2.05) is 0 Å². The number of ether oxygens (including phenoxy) is 1. The minimum absolute atomic E-state index is 0.384. The molecule has 4 heteroatoms. The predicted molar refractivity (Wildman–Crippen MR) is 71.5 cm³/mol. The molecule has 0 saturated heterocycles. The molecular formula is C13H16Cl2O2. The van der Waals surface area contributed by atoms with E-state index in [2.05, 4.69) is 6.92 Å². The van der Waals surface area contributed by atoms with Crippen LogP contribution < -0.4 is 4.74 Å². The summed E-state index contributed by atoms with van der Waals surface area (Å²) in [5.74, 6) is 0.433. The van der Waals surface area contributed by atoms with E-state index in [9.17, 15) is 4.79 Å². The molecule has 0 radical (unpaired) electrons. The van der Waals surface area contributed by atoms with Crippen molar-refractivity contribution in [3.05, 3.63) is 27.7 Å². The summed E-state index contributed by atoms with van der Waals surface area (Å²) in [4.78, 5) is 10.9. The molecule has 0 fully saturated rings. The molecule has 0 aromatic heterocycles. The van der Waals surface area contributed by atoms with Crippen LogP contribution in [0.1, 0.15) is 43.0 Å². The molecule has 2 nitrogen and oxygen atoms in total. The second kappa shape index (κ2) is 7.57. The lowest BCUT2D eigenvalue weighted by molar-refractivity contribution is 0.111. The van der Waals surface area contributed by atoms with Crippen LogP contribution in [0.4, 0.5) is 0 Å². The van der Waals surface area contributed by atoms with Gasteiger partial charge in [0, 0.05) is 5.02 Å². The summed E-state index contributed by atoms with van der Waals surface area (Å²) in [5, 5.41) is 0.825. The highest BCUT2D eigenvalue weighted by Gasteiger charge is 2.09. The third kappa shape index (κ3) is 4.57. The lowest BCUT2D eigenvalue weighted by Gasteiger charge is -2.10. The smallest absolute Gasteiger partial charge is 0.153 e. The number of carbonyl (C=O) groups is 1. The van der Waals surface area contributed by atoms with E-state index in [1.54, 1.807) is 12.1 Å². The fourth-order valence-electron chi connectivity index (χ4n) is 1.52. The van der Waals surface area contributed by atoms with Crippen LogP contribution in [0.5, 0.6) is 5.75 Å². The molecule has 0 N–H and O–H groups in total. The molecule has 0 saturated carbocycles. The average Bonchev–Trinajstić information content (AvgIpc) is 2.30. The van der Waals surface area contributed by atoms with Gasteiger partial charge in [-0.25, -0.2) is 0 Å². The Bertz CT molecular complexity index is 378. The fourth-order valence-corrected chi connectivity index (χ4v) is 2.09. The highest BCUT2D eigenvalue weighted by molar-refractivity contribution is 6.36. The van der Waals surface area contributed by atoms with Gasteiger partial charge in [-0.3, -0.25) is 4.79 Å². The van der Waals surface area contributed by atoms with Crippen molar-refractivity contribution < 1.29 is 9.53 Å². The summed E-state index contributed by atoms with van der Waals surface area (Å²) in [6.07, 6.45) is 5.17. The second-order valence-electron chi connectivity index (χ2n) is 3.83. The van der Waals surface area contributed by atoms with Gasteiger partial charge in [-0.1, -0.05) is 49.4 Å². The molecule has 1 aromatic rings. The number of aldehydes is 1. The maximum absolute atomic E-state index is 10.9.